The van der Waals surface area contributed by atoms with Crippen molar-refractivity contribution in [2.24, 2.45) is 0 Å². The van der Waals surface area contributed by atoms with Crippen LogP contribution in [0.4, 0.5) is 0 Å². The zero-order valence-corrected chi connectivity index (χ0v) is 16.3. The molecule has 0 atom stereocenters. The second-order valence-corrected chi connectivity index (χ2v) is 7.38. The number of halogens is 1. The fraction of sp³-hybridized carbons (Fsp3) is 0.364. The Labute approximate surface area is 162 Å². The summed E-state index contributed by atoms with van der Waals surface area (Å²) in [6.45, 7) is 5.99. The first kappa shape index (κ1) is 18.9. The van der Waals surface area contributed by atoms with Crippen LogP contribution in [0.5, 0.6) is 0 Å². The Kier molecular flexibility index (Phi) is 6.71. The van der Waals surface area contributed by atoms with E-state index in [-0.39, 0.29) is 0 Å². The number of nitrogens with zero attached hydrogens (tertiary/aromatic N) is 2. The molecule has 0 radical (unpaired) electrons. The summed E-state index contributed by atoms with van der Waals surface area (Å²) in [6, 6.07) is 14.7. The predicted molar refractivity (Wildman–Crippen MR) is 110 cm³/mol. The Hall–Kier alpha value is -1.83. The van der Waals surface area contributed by atoms with Gasteiger partial charge in [-0.3, -0.25) is 9.80 Å². The predicted octanol–water partition coefficient (Wildman–Crippen LogP) is 3.33. The van der Waals surface area contributed by atoms with Crippen molar-refractivity contribution in [3.05, 3.63) is 58.6 Å². The van der Waals surface area contributed by atoms with E-state index in [1.165, 1.54) is 16.7 Å². The van der Waals surface area contributed by atoms with Crippen LogP contribution in [0.15, 0.2) is 42.5 Å². The molecular formula is C22H26ClN3. The summed E-state index contributed by atoms with van der Waals surface area (Å²) in [4.78, 5) is 4.58. The molecule has 1 N–H and O–H groups in total. The average Bonchev–Trinajstić information content (AvgIpc) is 2.63. The molecule has 0 bridgehead atoms. The topological polar surface area (TPSA) is 18.5 Å². The van der Waals surface area contributed by atoms with E-state index in [4.69, 9.17) is 11.6 Å². The van der Waals surface area contributed by atoms with Gasteiger partial charge in [0.2, 0.25) is 0 Å². The number of benzene rings is 2. The van der Waals surface area contributed by atoms with Gasteiger partial charge in [-0.25, -0.2) is 0 Å². The van der Waals surface area contributed by atoms with Crippen LogP contribution in [0.3, 0.4) is 0 Å². The molecule has 0 amide bonds. The molecule has 3 rings (SSSR count). The van der Waals surface area contributed by atoms with Crippen molar-refractivity contribution < 1.29 is 0 Å². The summed E-state index contributed by atoms with van der Waals surface area (Å²) in [5.41, 5.74) is 4.87. The standard InChI is InChI=1S/C22H26ClN3/c1-25(2)13-3-4-18-5-10-22(19-6-8-21(23)9-7-19)20(16-18)17-26-14-11-24-12-15-26/h5-10,16,24H,11-15,17H2,1-2H3. The zero-order valence-electron chi connectivity index (χ0n) is 15.6. The Balaban J connectivity index is 1.90. The smallest absolute Gasteiger partial charge is 0.0600 e. The third-order valence-corrected chi connectivity index (χ3v) is 4.74. The normalized spacial score (nSPS) is 14.9. The molecule has 2 aromatic rings. The lowest BCUT2D eigenvalue weighted by Gasteiger charge is -2.28. The largest absolute Gasteiger partial charge is 0.314 e. The van der Waals surface area contributed by atoms with Gasteiger partial charge in [-0.1, -0.05) is 41.6 Å². The molecule has 1 fully saturated rings. The highest BCUT2D eigenvalue weighted by Gasteiger charge is 2.13. The van der Waals surface area contributed by atoms with Gasteiger partial charge in [-0.15, -0.1) is 0 Å². The van der Waals surface area contributed by atoms with Crippen LogP contribution in [0.2, 0.25) is 5.02 Å². The minimum Gasteiger partial charge on any atom is -0.314 e. The lowest BCUT2D eigenvalue weighted by molar-refractivity contribution is 0.233. The van der Waals surface area contributed by atoms with Gasteiger partial charge in [0.25, 0.3) is 0 Å². The number of hydrogen-bond donors (Lipinski definition) is 1. The molecule has 1 heterocycles. The molecule has 0 aliphatic carbocycles. The number of piperazine rings is 1. The van der Waals surface area contributed by atoms with Crippen LogP contribution < -0.4 is 5.32 Å². The number of nitrogens with one attached hydrogen (secondary N) is 1. The molecule has 0 unspecified atom stereocenters. The fourth-order valence-corrected chi connectivity index (χ4v) is 3.25. The molecule has 0 aromatic heterocycles. The van der Waals surface area contributed by atoms with E-state index < -0.39 is 0 Å². The van der Waals surface area contributed by atoms with Crippen LogP contribution in [-0.2, 0) is 6.54 Å². The Morgan fingerprint density at radius 1 is 1.08 bits per heavy atom. The molecule has 1 aliphatic heterocycles. The Morgan fingerprint density at radius 3 is 2.50 bits per heavy atom. The summed E-state index contributed by atoms with van der Waals surface area (Å²) in [5.74, 6) is 6.53. The minimum absolute atomic E-state index is 0.767. The van der Waals surface area contributed by atoms with E-state index in [1.54, 1.807) is 0 Å². The molecule has 1 aliphatic rings. The SMILES string of the molecule is CN(C)CC#Cc1ccc(-c2ccc(Cl)cc2)c(CN2CCNCC2)c1. The van der Waals surface area contributed by atoms with E-state index in [0.717, 1.165) is 49.9 Å². The molecule has 136 valence electrons. The second kappa shape index (κ2) is 9.21. The van der Waals surface area contributed by atoms with Gasteiger partial charge >= 0.3 is 0 Å². The van der Waals surface area contributed by atoms with Crippen molar-refractivity contribution in [1.29, 1.82) is 0 Å². The van der Waals surface area contributed by atoms with E-state index in [1.807, 2.05) is 26.2 Å². The van der Waals surface area contributed by atoms with Crippen molar-refractivity contribution >= 4 is 11.6 Å². The number of rotatable bonds is 4. The molecule has 4 heteroatoms. The molecule has 26 heavy (non-hydrogen) atoms. The summed E-state index contributed by atoms with van der Waals surface area (Å²) < 4.78 is 0. The molecular weight excluding hydrogens is 342 g/mol. The van der Waals surface area contributed by atoms with Crippen LogP contribution in [0.25, 0.3) is 11.1 Å². The summed E-state index contributed by atoms with van der Waals surface area (Å²) in [6.07, 6.45) is 0. The number of hydrogen-bond acceptors (Lipinski definition) is 3. The third kappa shape index (κ3) is 5.33. The Morgan fingerprint density at radius 2 is 1.81 bits per heavy atom. The van der Waals surface area contributed by atoms with Gasteiger partial charge in [0, 0.05) is 43.3 Å². The van der Waals surface area contributed by atoms with Crippen LogP contribution in [0.1, 0.15) is 11.1 Å². The van der Waals surface area contributed by atoms with E-state index in [2.05, 4.69) is 57.3 Å². The first-order chi connectivity index (χ1) is 12.6. The second-order valence-electron chi connectivity index (χ2n) is 6.94. The van der Waals surface area contributed by atoms with Crippen molar-refractivity contribution in [1.82, 2.24) is 15.1 Å². The molecule has 3 nitrogen and oxygen atoms in total. The minimum atomic E-state index is 0.767. The quantitative estimate of drug-likeness (QED) is 0.836. The maximum absolute atomic E-state index is 6.07. The first-order valence-electron chi connectivity index (χ1n) is 9.07. The van der Waals surface area contributed by atoms with E-state index >= 15 is 0 Å². The van der Waals surface area contributed by atoms with Crippen LogP contribution >= 0.6 is 11.6 Å². The third-order valence-electron chi connectivity index (χ3n) is 4.49. The summed E-state index contributed by atoms with van der Waals surface area (Å²) in [7, 11) is 4.07. The Bertz CT molecular complexity index is 781. The van der Waals surface area contributed by atoms with E-state index in [0.29, 0.717) is 0 Å². The van der Waals surface area contributed by atoms with Crippen LogP contribution in [0, 0.1) is 11.8 Å². The van der Waals surface area contributed by atoms with Crippen molar-refractivity contribution in [3.8, 4) is 23.0 Å². The molecule has 2 aromatic carbocycles. The highest BCUT2D eigenvalue weighted by molar-refractivity contribution is 6.30. The maximum Gasteiger partial charge on any atom is 0.0600 e. The van der Waals surface area contributed by atoms with Crippen molar-refractivity contribution in [3.63, 3.8) is 0 Å². The van der Waals surface area contributed by atoms with Gasteiger partial charge in [0.15, 0.2) is 0 Å². The van der Waals surface area contributed by atoms with Crippen LogP contribution in [-0.4, -0.2) is 56.6 Å². The molecule has 0 saturated carbocycles. The lowest BCUT2D eigenvalue weighted by atomic mass is 9.97. The van der Waals surface area contributed by atoms with Crippen molar-refractivity contribution in [2.45, 2.75) is 6.54 Å². The average molecular weight is 368 g/mol. The van der Waals surface area contributed by atoms with Gasteiger partial charge < -0.3 is 5.32 Å². The van der Waals surface area contributed by atoms with Gasteiger partial charge in [-0.2, -0.15) is 0 Å². The van der Waals surface area contributed by atoms with Gasteiger partial charge in [0.05, 0.1) is 6.54 Å². The maximum atomic E-state index is 6.07. The van der Waals surface area contributed by atoms with Gasteiger partial charge in [0.1, 0.15) is 0 Å². The summed E-state index contributed by atoms with van der Waals surface area (Å²) >= 11 is 6.07. The van der Waals surface area contributed by atoms with Crippen molar-refractivity contribution in [2.75, 3.05) is 46.8 Å². The monoisotopic (exact) mass is 367 g/mol. The molecule has 0 spiro atoms. The van der Waals surface area contributed by atoms with E-state index in [9.17, 15) is 0 Å². The zero-order chi connectivity index (χ0) is 18.4. The summed E-state index contributed by atoms with van der Waals surface area (Å²) in [5, 5.41) is 4.19. The highest BCUT2D eigenvalue weighted by Crippen LogP contribution is 2.27. The highest BCUT2D eigenvalue weighted by atomic mass is 35.5. The first-order valence-corrected chi connectivity index (χ1v) is 9.45. The fourth-order valence-electron chi connectivity index (χ4n) is 3.12. The van der Waals surface area contributed by atoms with Gasteiger partial charge in [-0.05, 0) is 55.1 Å². The molecule has 1 saturated heterocycles. The lowest BCUT2D eigenvalue weighted by Crippen LogP contribution is -2.42.